The number of nitrogens with one attached hydrogen (secondary N) is 2. The molecule has 0 bridgehead atoms. The second-order valence-corrected chi connectivity index (χ2v) is 7.45. The van der Waals surface area contributed by atoms with Crippen molar-refractivity contribution in [1.29, 1.82) is 0 Å². The summed E-state index contributed by atoms with van der Waals surface area (Å²) in [4.78, 5) is 38.0. The molecule has 0 saturated heterocycles. The second-order valence-electron chi connectivity index (χ2n) is 5.31. The van der Waals surface area contributed by atoms with Crippen molar-refractivity contribution in [1.82, 2.24) is 5.32 Å². The molecule has 0 aromatic carbocycles. The molecule has 1 aliphatic rings. The molecule has 126 valence electrons. The number of hydrogen-bond acceptors (Lipinski definition) is 6. The fourth-order valence-electron chi connectivity index (χ4n) is 2.68. The molecule has 0 aliphatic heterocycles. The number of hydrogen-bond donors (Lipinski definition) is 2. The van der Waals surface area contributed by atoms with Crippen LogP contribution >= 0.6 is 22.7 Å². The molecule has 3 rings (SSSR count). The van der Waals surface area contributed by atoms with Gasteiger partial charge in [-0.15, -0.1) is 22.7 Å². The highest BCUT2D eigenvalue weighted by molar-refractivity contribution is 7.17. The molecule has 6 nitrogen and oxygen atoms in total. The molecular formula is C16H16N2O4S2. The first kappa shape index (κ1) is 16.7. The second kappa shape index (κ2) is 7.14. The molecule has 1 aliphatic carbocycles. The van der Waals surface area contributed by atoms with Crippen LogP contribution in [0.25, 0.3) is 0 Å². The zero-order chi connectivity index (χ0) is 17.1. The first-order valence-electron chi connectivity index (χ1n) is 7.44. The quantitative estimate of drug-likeness (QED) is 0.873. The molecule has 0 unspecified atom stereocenters. The molecule has 0 fully saturated rings. The van der Waals surface area contributed by atoms with Crippen molar-refractivity contribution in [2.24, 2.45) is 0 Å². The largest absolute Gasteiger partial charge is 0.453 e. The Hall–Kier alpha value is -2.19. The lowest BCUT2D eigenvalue weighted by molar-refractivity contribution is -0.115. The van der Waals surface area contributed by atoms with Crippen LogP contribution in [-0.2, 0) is 28.8 Å². The number of thiophene rings is 2. The van der Waals surface area contributed by atoms with Crippen molar-refractivity contribution in [3.8, 4) is 0 Å². The van der Waals surface area contributed by atoms with Gasteiger partial charge in [-0.1, -0.05) is 6.07 Å². The summed E-state index contributed by atoms with van der Waals surface area (Å²) in [6, 6.07) is 3.78. The van der Waals surface area contributed by atoms with Gasteiger partial charge in [0.05, 0.1) is 19.1 Å². The third-order valence-electron chi connectivity index (χ3n) is 3.72. The Kier molecular flexibility index (Phi) is 4.96. The molecule has 2 aromatic rings. The summed E-state index contributed by atoms with van der Waals surface area (Å²) < 4.78 is 4.48. The number of anilines is 1. The highest BCUT2D eigenvalue weighted by atomic mass is 32.1. The molecule has 0 spiro atoms. The lowest BCUT2D eigenvalue weighted by Gasteiger charge is -2.08. The number of carbonyl (C=O) groups excluding carboxylic acids is 3. The van der Waals surface area contributed by atoms with E-state index in [0.717, 1.165) is 34.6 Å². The van der Waals surface area contributed by atoms with Crippen LogP contribution in [0.3, 0.4) is 0 Å². The monoisotopic (exact) mass is 364 g/mol. The average Bonchev–Trinajstić information content (AvgIpc) is 3.23. The van der Waals surface area contributed by atoms with Crippen LogP contribution in [0.5, 0.6) is 0 Å². The van der Waals surface area contributed by atoms with E-state index in [1.807, 2.05) is 17.5 Å². The van der Waals surface area contributed by atoms with E-state index in [4.69, 9.17) is 0 Å². The Labute approximate surface area is 146 Å². The van der Waals surface area contributed by atoms with Crippen molar-refractivity contribution in [3.63, 3.8) is 0 Å². The number of alkyl carbamates (subject to hydrolysis) is 1. The van der Waals surface area contributed by atoms with Gasteiger partial charge in [-0.3, -0.25) is 14.9 Å². The van der Waals surface area contributed by atoms with Gasteiger partial charge in [0, 0.05) is 9.75 Å². The van der Waals surface area contributed by atoms with Crippen LogP contribution in [0, 0.1) is 0 Å². The number of ether oxygens (including phenoxy) is 1. The molecule has 3 amide bonds. The van der Waals surface area contributed by atoms with Crippen LogP contribution in [0.1, 0.15) is 32.1 Å². The summed E-state index contributed by atoms with van der Waals surface area (Å²) in [5, 5.41) is 7.42. The van der Waals surface area contributed by atoms with Gasteiger partial charge in [0.2, 0.25) is 5.91 Å². The van der Waals surface area contributed by atoms with E-state index in [0.29, 0.717) is 10.6 Å². The van der Waals surface area contributed by atoms with Gasteiger partial charge in [-0.05, 0) is 36.3 Å². The van der Waals surface area contributed by atoms with E-state index < -0.39 is 12.0 Å². The summed E-state index contributed by atoms with van der Waals surface area (Å²) >= 11 is 2.92. The number of carbonyl (C=O) groups is 3. The summed E-state index contributed by atoms with van der Waals surface area (Å²) in [6.07, 6.45) is 2.09. The highest BCUT2D eigenvalue weighted by Crippen LogP contribution is 2.39. The predicted octanol–water partition coefficient (Wildman–Crippen LogP) is 2.98. The maximum Gasteiger partial charge on any atom is 0.413 e. The molecule has 2 aromatic heterocycles. The minimum Gasteiger partial charge on any atom is -0.453 e. The van der Waals surface area contributed by atoms with E-state index in [1.54, 1.807) is 0 Å². The summed E-state index contributed by atoms with van der Waals surface area (Å²) in [5.74, 6) is -0.711. The number of amides is 3. The number of fused-ring (bicyclic) bond motifs is 1. The third-order valence-corrected chi connectivity index (χ3v) is 5.80. The predicted molar refractivity (Wildman–Crippen MR) is 92.9 cm³/mol. The van der Waals surface area contributed by atoms with Gasteiger partial charge in [-0.2, -0.15) is 0 Å². The summed E-state index contributed by atoms with van der Waals surface area (Å²) in [7, 11) is 1.20. The van der Waals surface area contributed by atoms with Crippen LogP contribution in [-0.4, -0.2) is 25.0 Å². The van der Waals surface area contributed by atoms with E-state index in [-0.39, 0.29) is 12.3 Å². The molecule has 2 heterocycles. The molecule has 0 atom stereocenters. The molecule has 2 N–H and O–H groups in total. The first-order chi connectivity index (χ1) is 11.6. The Bertz CT molecular complexity index is 780. The van der Waals surface area contributed by atoms with E-state index >= 15 is 0 Å². The van der Waals surface area contributed by atoms with Gasteiger partial charge in [0.15, 0.2) is 0 Å². The fraction of sp³-hybridized carbons (Fsp3) is 0.312. The van der Waals surface area contributed by atoms with E-state index in [1.165, 1.54) is 29.8 Å². The average molecular weight is 364 g/mol. The van der Waals surface area contributed by atoms with Gasteiger partial charge in [-0.25, -0.2) is 4.79 Å². The number of rotatable bonds is 4. The minimum absolute atomic E-state index is 0.176. The maximum atomic E-state index is 12.4. The summed E-state index contributed by atoms with van der Waals surface area (Å²) in [5.41, 5.74) is 1.31. The van der Waals surface area contributed by atoms with Crippen LogP contribution in [0.2, 0.25) is 0 Å². The zero-order valence-corrected chi connectivity index (χ0v) is 14.6. The topological polar surface area (TPSA) is 84.5 Å². The Morgan fingerprint density at radius 2 is 2.12 bits per heavy atom. The van der Waals surface area contributed by atoms with Crippen molar-refractivity contribution in [3.05, 3.63) is 38.4 Å². The third kappa shape index (κ3) is 3.49. The first-order valence-corrected chi connectivity index (χ1v) is 9.14. The lowest BCUT2D eigenvalue weighted by Crippen LogP contribution is -2.31. The van der Waals surface area contributed by atoms with Crippen molar-refractivity contribution in [2.45, 2.75) is 25.7 Å². The Morgan fingerprint density at radius 3 is 2.83 bits per heavy atom. The van der Waals surface area contributed by atoms with Gasteiger partial charge in [0.1, 0.15) is 5.00 Å². The molecule has 8 heteroatoms. The van der Waals surface area contributed by atoms with E-state index in [9.17, 15) is 14.4 Å². The minimum atomic E-state index is -0.811. The van der Waals surface area contributed by atoms with Crippen molar-refractivity contribution in [2.75, 3.05) is 12.4 Å². The fourth-order valence-corrected chi connectivity index (χ4v) is 4.69. The molecular weight excluding hydrogens is 348 g/mol. The van der Waals surface area contributed by atoms with Gasteiger partial charge >= 0.3 is 6.09 Å². The summed E-state index contributed by atoms with van der Waals surface area (Å²) in [6.45, 7) is 0. The van der Waals surface area contributed by atoms with E-state index in [2.05, 4.69) is 15.4 Å². The SMILES string of the molecule is COC(=O)NC(=O)c1c(NC(=O)Cc2cccs2)sc2c1CCC2. The Morgan fingerprint density at radius 1 is 1.29 bits per heavy atom. The maximum absolute atomic E-state index is 12.4. The van der Waals surface area contributed by atoms with Gasteiger partial charge in [0.25, 0.3) is 5.91 Å². The Balaban J connectivity index is 1.81. The zero-order valence-electron chi connectivity index (χ0n) is 13.0. The number of methoxy groups -OCH3 is 1. The molecule has 0 radical (unpaired) electrons. The van der Waals surface area contributed by atoms with Crippen LogP contribution in [0.15, 0.2) is 17.5 Å². The highest BCUT2D eigenvalue weighted by Gasteiger charge is 2.28. The van der Waals surface area contributed by atoms with Crippen molar-refractivity contribution < 1.29 is 19.1 Å². The standard InChI is InChI=1S/C16H16N2O4S2/c1-22-16(21)18-14(20)13-10-5-2-6-11(10)24-15(13)17-12(19)8-9-4-3-7-23-9/h3-4,7H,2,5-6,8H2,1H3,(H,17,19)(H,18,20,21). The van der Waals surface area contributed by atoms with Crippen LogP contribution in [0.4, 0.5) is 9.80 Å². The molecule has 0 saturated carbocycles. The normalized spacial score (nSPS) is 12.5. The smallest absolute Gasteiger partial charge is 0.413 e. The molecule has 24 heavy (non-hydrogen) atoms. The van der Waals surface area contributed by atoms with Crippen molar-refractivity contribution >= 4 is 45.6 Å². The number of imide groups is 1. The lowest BCUT2D eigenvalue weighted by atomic mass is 10.1. The van der Waals surface area contributed by atoms with Crippen LogP contribution < -0.4 is 10.6 Å². The number of aryl methyl sites for hydroxylation is 1. The van der Waals surface area contributed by atoms with Gasteiger partial charge < -0.3 is 10.1 Å².